The molecule has 0 bridgehead atoms. The van der Waals surface area contributed by atoms with Gasteiger partial charge in [-0.2, -0.15) is 0 Å². The summed E-state index contributed by atoms with van der Waals surface area (Å²) in [5.41, 5.74) is 3.50. The first-order valence-electron chi connectivity index (χ1n) is 7.21. The van der Waals surface area contributed by atoms with Crippen molar-refractivity contribution < 1.29 is 14.6 Å². The number of aryl methyl sites for hydroxylation is 2. The summed E-state index contributed by atoms with van der Waals surface area (Å²) < 4.78 is 14.2. The predicted molar refractivity (Wildman–Crippen MR) is 82.6 cm³/mol. The number of rotatable bonds is 6. The van der Waals surface area contributed by atoms with E-state index in [4.69, 9.17) is 10.2 Å². The molecule has 0 aliphatic heterocycles. The molecule has 3 heteroatoms. The van der Waals surface area contributed by atoms with Crippen molar-refractivity contribution in [2.24, 2.45) is 5.92 Å². The highest BCUT2D eigenvalue weighted by molar-refractivity contribution is 5.64. The minimum atomic E-state index is -0.235. The first-order chi connectivity index (χ1) is 10.1. The molecule has 112 valence electrons. The fourth-order valence-corrected chi connectivity index (χ4v) is 2.29. The van der Waals surface area contributed by atoms with Gasteiger partial charge in [-0.3, -0.25) is 0 Å². The third kappa shape index (κ3) is 4.13. The van der Waals surface area contributed by atoms with Crippen LogP contribution in [0.1, 0.15) is 17.5 Å². The summed E-state index contributed by atoms with van der Waals surface area (Å²) in [6.45, 7) is 1.92. The van der Waals surface area contributed by atoms with Crippen molar-refractivity contribution in [3.63, 3.8) is 0 Å². The van der Waals surface area contributed by atoms with E-state index in [0.29, 0.717) is 18.4 Å². The SMILES string of the molecule is Cc1ccc(-c2ccc(CCC(CO)CO)cc2F)cc1. The molecule has 21 heavy (non-hydrogen) atoms. The molecule has 0 spiro atoms. The van der Waals surface area contributed by atoms with Gasteiger partial charge >= 0.3 is 0 Å². The first kappa shape index (κ1) is 15.7. The molecule has 0 aromatic heterocycles. The van der Waals surface area contributed by atoms with Gasteiger partial charge in [-0.15, -0.1) is 0 Å². The van der Waals surface area contributed by atoms with Crippen molar-refractivity contribution in [3.05, 3.63) is 59.4 Å². The average Bonchev–Trinajstić information content (AvgIpc) is 2.49. The van der Waals surface area contributed by atoms with Crippen LogP contribution in [0.4, 0.5) is 4.39 Å². The molecular formula is C18H21FO2. The standard InChI is InChI=1S/C18H21FO2/c1-13-2-7-16(8-3-13)17-9-6-14(10-18(17)19)4-5-15(11-20)12-21/h2-3,6-10,15,20-21H,4-5,11-12H2,1H3. The quantitative estimate of drug-likeness (QED) is 0.856. The van der Waals surface area contributed by atoms with E-state index in [1.807, 2.05) is 37.3 Å². The Morgan fingerprint density at radius 3 is 2.24 bits per heavy atom. The highest BCUT2D eigenvalue weighted by Gasteiger charge is 2.09. The Bertz CT molecular complexity index is 574. The molecule has 0 saturated heterocycles. The topological polar surface area (TPSA) is 40.5 Å². The summed E-state index contributed by atoms with van der Waals surface area (Å²) in [6.07, 6.45) is 1.30. The second-order valence-electron chi connectivity index (χ2n) is 5.45. The summed E-state index contributed by atoms with van der Waals surface area (Å²) in [7, 11) is 0. The second-order valence-corrected chi connectivity index (χ2v) is 5.45. The lowest BCUT2D eigenvalue weighted by Crippen LogP contribution is -2.11. The molecule has 0 unspecified atom stereocenters. The Labute approximate surface area is 124 Å². The smallest absolute Gasteiger partial charge is 0.131 e. The van der Waals surface area contributed by atoms with Crippen LogP contribution >= 0.6 is 0 Å². The minimum Gasteiger partial charge on any atom is -0.396 e. The van der Waals surface area contributed by atoms with Crippen molar-refractivity contribution in [1.29, 1.82) is 0 Å². The highest BCUT2D eigenvalue weighted by Crippen LogP contribution is 2.24. The molecule has 0 heterocycles. The molecule has 2 aromatic rings. The number of aliphatic hydroxyl groups is 2. The summed E-state index contributed by atoms with van der Waals surface area (Å²) in [5.74, 6) is -0.370. The Hall–Kier alpha value is -1.71. The zero-order valence-electron chi connectivity index (χ0n) is 12.2. The van der Waals surface area contributed by atoms with Crippen molar-refractivity contribution in [2.45, 2.75) is 19.8 Å². The highest BCUT2D eigenvalue weighted by atomic mass is 19.1. The van der Waals surface area contributed by atoms with E-state index in [9.17, 15) is 4.39 Å². The number of halogens is 1. The largest absolute Gasteiger partial charge is 0.396 e. The Balaban J connectivity index is 2.12. The third-order valence-corrected chi connectivity index (χ3v) is 3.75. The first-order valence-corrected chi connectivity index (χ1v) is 7.21. The number of hydrogen-bond donors (Lipinski definition) is 2. The van der Waals surface area contributed by atoms with Crippen molar-refractivity contribution in [1.82, 2.24) is 0 Å². The fourth-order valence-electron chi connectivity index (χ4n) is 2.29. The lowest BCUT2D eigenvalue weighted by atomic mass is 9.97. The molecule has 0 radical (unpaired) electrons. The van der Waals surface area contributed by atoms with Crippen LogP contribution in [0.15, 0.2) is 42.5 Å². The molecular weight excluding hydrogens is 267 g/mol. The van der Waals surface area contributed by atoms with Crippen molar-refractivity contribution >= 4 is 0 Å². The monoisotopic (exact) mass is 288 g/mol. The zero-order valence-corrected chi connectivity index (χ0v) is 12.2. The Morgan fingerprint density at radius 1 is 1.00 bits per heavy atom. The van der Waals surface area contributed by atoms with Gasteiger partial charge in [-0.25, -0.2) is 4.39 Å². The molecule has 0 aliphatic carbocycles. The van der Waals surface area contributed by atoms with E-state index in [0.717, 1.165) is 16.7 Å². The predicted octanol–water partition coefficient (Wildman–Crippen LogP) is 3.33. The van der Waals surface area contributed by atoms with Crippen LogP contribution in [0.2, 0.25) is 0 Å². The van der Waals surface area contributed by atoms with Gasteiger partial charge in [0, 0.05) is 24.7 Å². The molecule has 2 aromatic carbocycles. The van der Waals surface area contributed by atoms with Crippen LogP contribution in [0, 0.1) is 18.7 Å². The number of hydrogen-bond acceptors (Lipinski definition) is 2. The average molecular weight is 288 g/mol. The van der Waals surface area contributed by atoms with Gasteiger partial charge in [0.2, 0.25) is 0 Å². The maximum absolute atomic E-state index is 14.2. The molecule has 0 fully saturated rings. The maximum Gasteiger partial charge on any atom is 0.131 e. The number of aliphatic hydroxyl groups excluding tert-OH is 2. The second kappa shape index (κ2) is 7.34. The van der Waals surface area contributed by atoms with Gasteiger partial charge < -0.3 is 10.2 Å². The van der Waals surface area contributed by atoms with Gasteiger partial charge in [0.1, 0.15) is 5.82 Å². The zero-order chi connectivity index (χ0) is 15.2. The van der Waals surface area contributed by atoms with Crippen LogP contribution in [0.3, 0.4) is 0 Å². The van der Waals surface area contributed by atoms with Gasteiger partial charge in [0.15, 0.2) is 0 Å². The fraction of sp³-hybridized carbons (Fsp3) is 0.333. The van der Waals surface area contributed by atoms with Gasteiger partial charge in [-0.1, -0.05) is 42.0 Å². The van der Waals surface area contributed by atoms with E-state index in [1.54, 1.807) is 12.1 Å². The van der Waals surface area contributed by atoms with Gasteiger partial charge in [-0.05, 0) is 37.0 Å². The third-order valence-electron chi connectivity index (χ3n) is 3.75. The maximum atomic E-state index is 14.2. The molecule has 0 atom stereocenters. The normalized spacial score (nSPS) is 11.1. The molecule has 2 N–H and O–H groups in total. The number of benzene rings is 2. The van der Waals surface area contributed by atoms with E-state index in [1.165, 1.54) is 0 Å². The molecule has 0 aliphatic rings. The van der Waals surface area contributed by atoms with E-state index in [-0.39, 0.29) is 24.9 Å². The lowest BCUT2D eigenvalue weighted by Gasteiger charge is -2.11. The Morgan fingerprint density at radius 2 is 1.67 bits per heavy atom. The molecule has 0 saturated carbocycles. The minimum absolute atomic E-state index is 0.0412. The van der Waals surface area contributed by atoms with Crippen LogP contribution in [0.25, 0.3) is 11.1 Å². The summed E-state index contributed by atoms with van der Waals surface area (Å²) >= 11 is 0. The van der Waals surface area contributed by atoms with Crippen LogP contribution in [-0.4, -0.2) is 23.4 Å². The molecule has 2 nitrogen and oxygen atoms in total. The summed E-state index contributed by atoms with van der Waals surface area (Å²) in [6, 6.07) is 13.0. The van der Waals surface area contributed by atoms with E-state index < -0.39 is 0 Å². The van der Waals surface area contributed by atoms with Gasteiger partial charge in [0.05, 0.1) is 0 Å². The Kier molecular flexibility index (Phi) is 5.48. The van der Waals surface area contributed by atoms with Crippen molar-refractivity contribution in [3.8, 4) is 11.1 Å². The molecule has 0 amide bonds. The van der Waals surface area contributed by atoms with E-state index >= 15 is 0 Å². The van der Waals surface area contributed by atoms with E-state index in [2.05, 4.69) is 0 Å². The lowest BCUT2D eigenvalue weighted by molar-refractivity contribution is 0.144. The summed E-state index contributed by atoms with van der Waals surface area (Å²) in [4.78, 5) is 0. The summed E-state index contributed by atoms with van der Waals surface area (Å²) in [5, 5.41) is 18.1. The van der Waals surface area contributed by atoms with Crippen LogP contribution in [-0.2, 0) is 6.42 Å². The van der Waals surface area contributed by atoms with Gasteiger partial charge in [0.25, 0.3) is 0 Å². The van der Waals surface area contributed by atoms with Crippen molar-refractivity contribution in [2.75, 3.05) is 13.2 Å². The van der Waals surface area contributed by atoms with Crippen LogP contribution < -0.4 is 0 Å². The molecule has 2 rings (SSSR count). The van der Waals surface area contributed by atoms with Crippen LogP contribution in [0.5, 0.6) is 0 Å².